The maximum Gasteiger partial charge on any atom is 0.416 e. The summed E-state index contributed by atoms with van der Waals surface area (Å²) in [6.45, 7) is 1.58. The maximum absolute atomic E-state index is 13.2. The predicted molar refractivity (Wildman–Crippen MR) is 141 cm³/mol. The SMILES string of the molecule is COc1cc2nc(=S)n3c(c2cc1OC)N[C@@H](CCC(=O)N1CCN(c2cccc(C(F)(F)F)c2)CC1)C3=O. The lowest BCUT2D eigenvalue weighted by molar-refractivity contribution is -0.137. The zero-order valence-electron chi connectivity index (χ0n) is 21.2. The quantitative estimate of drug-likeness (QED) is 0.444. The Balaban J connectivity index is 1.23. The van der Waals surface area contributed by atoms with Crippen molar-refractivity contribution in [1.29, 1.82) is 0 Å². The second-order valence-corrected chi connectivity index (χ2v) is 9.66. The number of ether oxygens (including phenoxy) is 2. The first kappa shape index (κ1) is 26.7. The Labute approximate surface area is 227 Å². The number of anilines is 2. The second kappa shape index (κ2) is 10.4. The van der Waals surface area contributed by atoms with Crippen LogP contribution in [0, 0.1) is 4.77 Å². The van der Waals surface area contributed by atoms with Crippen LogP contribution in [0.25, 0.3) is 10.9 Å². The van der Waals surface area contributed by atoms with Crippen molar-refractivity contribution < 1.29 is 32.2 Å². The van der Waals surface area contributed by atoms with Crippen molar-refractivity contribution in [2.75, 3.05) is 50.6 Å². The minimum Gasteiger partial charge on any atom is -0.493 e. The molecule has 206 valence electrons. The molecule has 1 fully saturated rings. The first-order valence-corrected chi connectivity index (χ1v) is 12.7. The highest BCUT2D eigenvalue weighted by Gasteiger charge is 2.34. The molecule has 39 heavy (non-hydrogen) atoms. The lowest BCUT2D eigenvalue weighted by Crippen LogP contribution is -2.49. The highest BCUT2D eigenvalue weighted by Crippen LogP contribution is 2.37. The largest absolute Gasteiger partial charge is 0.493 e. The van der Waals surface area contributed by atoms with Gasteiger partial charge in [-0.3, -0.25) is 9.59 Å². The summed E-state index contributed by atoms with van der Waals surface area (Å²) in [5.41, 5.74) is 0.315. The van der Waals surface area contributed by atoms with Gasteiger partial charge in [0.1, 0.15) is 11.9 Å². The summed E-state index contributed by atoms with van der Waals surface area (Å²) in [4.78, 5) is 34.0. The standard InChI is InChI=1S/C26H26F3N5O4S/c1-37-20-13-17-19(14-21(20)38-2)31-25(39)34-23(17)30-18(24(34)36)6-7-22(35)33-10-8-32(9-11-33)16-5-3-4-15(12-16)26(27,28)29/h3-5,12-14,18,30H,6-11H2,1-2H3/t18-/m0/s1. The number of benzene rings is 2. The second-order valence-electron chi connectivity index (χ2n) is 9.29. The molecule has 2 aliphatic heterocycles. The van der Waals surface area contributed by atoms with Crippen LogP contribution in [0.5, 0.6) is 11.5 Å². The van der Waals surface area contributed by atoms with E-state index in [1.54, 1.807) is 23.1 Å². The van der Waals surface area contributed by atoms with Crippen molar-refractivity contribution in [1.82, 2.24) is 14.5 Å². The number of halogens is 3. The number of hydrogen-bond donors (Lipinski definition) is 1. The van der Waals surface area contributed by atoms with E-state index in [9.17, 15) is 22.8 Å². The van der Waals surface area contributed by atoms with E-state index >= 15 is 0 Å². The number of piperazine rings is 1. The summed E-state index contributed by atoms with van der Waals surface area (Å²) in [5.74, 6) is 1.03. The molecule has 3 heterocycles. The molecule has 9 nitrogen and oxygen atoms in total. The number of aromatic nitrogens is 2. The van der Waals surface area contributed by atoms with Crippen molar-refractivity contribution in [2.45, 2.75) is 25.1 Å². The van der Waals surface area contributed by atoms with Gasteiger partial charge in [-0.05, 0) is 42.9 Å². The molecular weight excluding hydrogens is 535 g/mol. The number of alkyl halides is 3. The van der Waals surface area contributed by atoms with E-state index in [0.717, 1.165) is 12.1 Å². The van der Waals surface area contributed by atoms with Crippen molar-refractivity contribution in [3.63, 3.8) is 0 Å². The van der Waals surface area contributed by atoms with Crippen LogP contribution in [-0.4, -0.2) is 72.7 Å². The molecular formula is C26H26F3N5O4S. The minimum atomic E-state index is -4.41. The van der Waals surface area contributed by atoms with Crippen molar-refractivity contribution in [2.24, 2.45) is 0 Å². The van der Waals surface area contributed by atoms with E-state index in [1.165, 1.54) is 24.9 Å². The van der Waals surface area contributed by atoms with E-state index in [-0.39, 0.29) is 29.4 Å². The Kier molecular flexibility index (Phi) is 7.10. The number of nitrogens with zero attached hydrogens (tertiary/aromatic N) is 4. The highest BCUT2D eigenvalue weighted by molar-refractivity contribution is 7.71. The first-order valence-electron chi connectivity index (χ1n) is 12.3. The molecule has 1 atom stereocenters. The summed E-state index contributed by atoms with van der Waals surface area (Å²) in [6.07, 6.45) is -4.04. The molecule has 0 radical (unpaired) electrons. The number of methoxy groups -OCH3 is 2. The van der Waals surface area contributed by atoms with E-state index in [0.29, 0.717) is 60.1 Å². The number of fused-ring (bicyclic) bond motifs is 3. The van der Waals surface area contributed by atoms with Gasteiger partial charge in [-0.25, -0.2) is 9.55 Å². The smallest absolute Gasteiger partial charge is 0.416 e. The number of amides is 1. The molecule has 0 spiro atoms. The van der Waals surface area contributed by atoms with Gasteiger partial charge in [0.2, 0.25) is 10.7 Å². The van der Waals surface area contributed by atoms with Crippen LogP contribution in [0.1, 0.15) is 23.2 Å². The van der Waals surface area contributed by atoms with Crippen LogP contribution in [0.15, 0.2) is 36.4 Å². The van der Waals surface area contributed by atoms with Gasteiger partial charge >= 0.3 is 6.18 Å². The average Bonchev–Trinajstić information content (AvgIpc) is 3.27. The number of hydrogen-bond acceptors (Lipinski definition) is 8. The molecule has 1 amide bonds. The number of carbonyl (C=O) groups excluding carboxylic acids is 2. The third-order valence-electron chi connectivity index (χ3n) is 7.04. The zero-order chi connectivity index (χ0) is 27.9. The molecule has 13 heteroatoms. The Bertz CT molecular complexity index is 1500. The third-order valence-corrected chi connectivity index (χ3v) is 7.31. The van der Waals surface area contributed by atoms with Crippen molar-refractivity contribution in [3.05, 3.63) is 46.7 Å². The molecule has 1 N–H and O–H groups in total. The van der Waals surface area contributed by atoms with Gasteiger partial charge in [-0.1, -0.05) is 6.07 Å². The molecule has 2 aromatic carbocycles. The molecule has 1 aromatic heterocycles. The van der Waals surface area contributed by atoms with E-state index in [4.69, 9.17) is 21.7 Å². The highest BCUT2D eigenvalue weighted by atomic mass is 32.1. The fourth-order valence-electron chi connectivity index (χ4n) is 4.96. The van der Waals surface area contributed by atoms with Crippen LogP contribution >= 0.6 is 12.2 Å². The van der Waals surface area contributed by atoms with Gasteiger partial charge in [0, 0.05) is 49.7 Å². The number of carbonyl (C=O) groups is 2. The van der Waals surface area contributed by atoms with Crippen molar-refractivity contribution in [3.8, 4) is 11.5 Å². The lowest BCUT2D eigenvalue weighted by atomic mass is 10.1. The van der Waals surface area contributed by atoms with Gasteiger partial charge in [0.05, 0.1) is 25.3 Å². The molecule has 3 aromatic rings. The van der Waals surface area contributed by atoms with Gasteiger partial charge in [0.25, 0.3) is 5.91 Å². The molecule has 0 unspecified atom stereocenters. The monoisotopic (exact) mass is 561 g/mol. The van der Waals surface area contributed by atoms with E-state index in [1.807, 2.05) is 4.90 Å². The average molecular weight is 562 g/mol. The fraction of sp³-hybridized carbons (Fsp3) is 0.385. The molecule has 5 rings (SSSR count). The molecule has 0 saturated carbocycles. The van der Waals surface area contributed by atoms with Gasteiger partial charge < -0.3 is 24.6 Å². The Morgan fingerprint density at radius 3 is 2.46 bits per heavy atom. The Hall–Kier alpha value is -3.87. The Morgan fingerprint density at radius 1 is 1.10 bits per heavy atom. The summed E-state index contributed by atoms with van der Waals surface area (Å²) < 4.78 is 51.4. The third kappa shape index (κ3) is 5.10. The molecule has 0 aliphatic carbocycles. The van der Waals surface area contributed by atoms with Gasteiger partial charge in [0.15, 0.2) is 11.5 Å². The van der Waals surface area contributed by atoms with Crippen molar-refractivity contribution >= 4 is 46.4 Å². The molecule has 2 aliphatic rings. The van der Waals surface area contributed by atoms with Crippen LogP contribution in [0.2, 0.25) is 0 Å². The summed E-state index contributed by atoms with van der Waals surface area (Å²) in [6, 6.07) is 7.93. The van der Waals surface area contributed by atoms with Crippen LogP contribution in [0.3, 0.4) is 0 Å². The minimum absolute atomic E-state index is 0.0989. The summed E-state index contributed by atoms with van der Waals surface area (Å²) in [7, 11) is 3.03. The van der Waals surface area contributed by atoms with E-state index < -0.39 is 17.8 Å². The number of rotatable bonds is 6. The van der Waals surface area contributed by atoms with Crippen LogP contribution < -0.4 is 19.7 Å². The number of nitrogens with one attached hydrogen (secondary N) is 1. The van der Waals surface area contributed by atoms with Gasteiger partial charge in [-0.2, -0.15) is 13.2 Å². The van der Waals surface area contributed by atoms with Crippen LogP contribution in [-0.2, 0) is 11.0 Å². The summed E-state index contributed by atoms with van der Waals surface area (Å²) in [5, 5.41) is 3.83. The Morgan fingerprint density at radius 2 is 1.79 bits per heavy atom. The zero-order valence-corrected chi connectivity index (χ0v) is 22.1. The summed E-state index contributed by atoms with van der Waals surface area (Å²) >= 11 is 5.37. The maximum atomic E-state index is 13.2. The molecule has 1 saturated heterocycles. The van der Waals surface area contributed by atoms with Crippen LogP contribution in [0.4, 0.5) is 24.7 Å². The van der Waals surface area contributed by atoms with Gasteiger partial charge in [-0.15, -0.1) is 0 Å². The molecule has 0 bridgehead atoms. The van der Waals surface area contributed by atoms with E-state index in [2.05, 4.69) is 10.3 Å². The fourth-order valence-corrected chi connectivity index (χ4v) is 5.24. The topological polar surface area (TPSA) is 88.9 Å². The first-order chi connectivity index (χ1) is 18.6. The predicted octanol–water partition coefficient (Wildman–Crippen LogP) is 4.37. The normalized spacial score (nSPS) is 17.3. The lowest BCUT2D eigenvalue weighted by Gasteiger charge is -2.36.